The van der Waals surface area contributed by atoms with Gasteiger partial charge in [0, 0.05) is 24.5 Å². The van der Waals surface area contributed by atoms with Crippen LogP contribution in [0.2, 0.25) is 0 Å². The van der Waals surface area contributed by atoms with Crippen LogP contribution < -0.4 is 10.2 Å². The molecule has 1 saturated heterocycles. The first-order valence-corrected chi connectivity index (χ1v) is 7.72. The fourth-order valence-corrected chi connectivity index (χ4v) is 3.35. The van der Waals surface area contributed by atoms with Crippen molar-refractivity contribution in [1.29, 1.82) is 0 Å². The maximum absolute atomic E-state index is 12.2. The molecule has 1 aliphatic heterocycles. The minimum absolute atomic E-state index is 0.114. The highest BCUT2D eigenvalue weighted by molar-refractivity contribution is 6.53. The molecule has 1 saturated carbocycles. The molecule has 0 bridgehead atoms. The third-order valence-electron chi connectivity index (χ3n) is 4.36. The van der Waals surface area contributed by atoms with Gasteiger partial charge in [-0.3, -0.25) is 4.79 Å². The van der Waals surface area contributed by atoms with Gasteiger partial charge in [0.1, 0.15) is 4.33 Å². The van der Waals surface area contributed by atoms with Crippen molar-refractivity contribution in [3.63, 3.8) is 0 Å². The molecule has 108 valence electrons. The van der Waals surface area contributed by atoms with Gasteiger partial charge in [-0.1, -0.05) is 0 Å². The Balaban J connectivity index is 1.65. The lowest BCUT2D eigenvalue weighted by Gasteiger charge is -2.18. The molecule has 0 spiro atoms. The number of anilines is 2. The number of rotatable bonds is 3. The number of hydrogen-bond acceptors (Lipinski definition) is 2. The van der Waals surface area contributed by atoms with Gasteiger partial charge in [-0.2, -0.15) is 0 Å². The van der Waals surface area contributed by atoms with Gasteiger partial charge in [0.25, 0.3) is 0 Å². The molecule has 1 aromatic carbocycles. The summed E-state index contributed by atoms with van der Waals surface area (Å²) in [5.74, 6) is -0.114. The molecule has 1 amide bonds. The van der Waals surface area contributed by atoms with Crippen LogP contribution in [0.25, 0.3) is 0 Å². The van der Waals surface area contributed by atoms with Crippen molar-refractivity contribution in [3.8, 4) is 0 Å². The van der Waals surface area contributed by atoms with Gasteiger partial charge in [-0.15, -0.1) is 23.2 Å². The minimum Gasteiger partial charge on any atom is -0.372 e. The van der Waals surface area contributed by atoms with E-state index in [0.29, 0.717) is 6.42 Å². The van der Waals surface area contributed by atoms with Crippen LogP contribution >= 0.6 is 23.2 Å². The highest BCUT2D eigenvalue weighted by Crippen LogP contribution is 2.64. The zero-order chi connectivity index (χ0) is 14.4. The predicted molar refractivity (Wildman–Crippen MR) is 83.7 cm³/mol. The Kier molecular flexibility index (Phi) is 3.38. The molecule has 2 fully saturated rings. The number of nitrogens with one attached hydrogen (secondary N) is 1. The topological polar surface area (TPSA) is 32.3 Å². The van der Waals surface area contributed by atoms with Crippen LogP contribution in [0.5, 0.6) is 0 Å². The molecule has 1 aliphatic carbocycles. The van der Waals surface area contributed by atoms with Crippen LogP contribution in [-0.4, -0.2) is 23.3 Å². The van der Waals surface area contributed by atoms with Crippen molar-refractivity contribution in [3.05, 3.63) is 24.3 Å². The maximum atomic E-state index is 12.2. The zero-order valence-electron chi connectivity index (χ0n) is 11.5. The second-order valence-electron chi connectivity index (χ2n) is 5.91. The van der Waals surface area contributed by atoms with Crippen molar-refractivity contribution in [2.75, 3.05) is 23.3 Å². The van der Waals surface area contributed by atoms with Crippen molar-refractivity contribution in [2.45, 2.75) is 30.5 Å². The molecule has 1 aromatic rings. The van der Waals surface area contributed by atoms with Crippen molar-refractivity contribution in [2.24, 2.45) is 5.41 Å². The number of nitrogens with zero attached hydrogens (tertiary/aromatic N) is 1. The first-order valence-electron chi connectivity index (χ1n) is 6.97. The zero-order valence-corrected chi connectivity index (χ0v) is 13.0. The highest BCUT2D eigenvalue weighted by Gasteiger charge is 2.67. The fourth-order valence-electron chi connectivity index (χ4n) is 2.65. The lowest BCUT2D eigenvalue weighted by molar-refractivity contribution is -0.120. The van der Waals surface area contributed by atoms with Crippen LogP contribution in [0, 0.1) is 5.41 Å². The molecule has 5 heteroatoms. The quantitative estimate of drug-likeness (QED) is 0.861. The van der Waals surface area contributed by atoms with Gasteiger partial charge in [0.15, 0.2) is 0 Å². The number of benzene rings is 1. The highest BCUT2D eigenvalue weighted by atomic mass is 35.5. The standard InChI is InChI=1S/C15H18Cl2N2O/c1-14(10-15(14,16)17)13(20)18-11-4-6-12(7-5-11)19-8-2-3-9-19/h4-7H,2-3,8-10H2,1H3,(H,18,20). The summed E-state index contributed by atoms with van der Waals surface area (Å²) in [4.78, 5) is 14.5. The fraction of sp³-hybridized carbons (Fsp3) is 0.533. The van der Waals surface area contributed by atoms with Crippen molar-refractivity contribution >= 4 is 40.5 Å². The van der Waals surface area contributed by atoms with Gasteiger partial charge in [-0.25, -0.2) is 0 Å². The summed E-state index contributed by atoms with van der Waals surface area (Å²) in [6.45, 7) is 4.02. The summed E-state index contributed by atoms with van der Waals surface area (Å²) in [6, 6.07) is 7.96. The summed E-state index contributed by atoms with van der Waals surface area (Å²) in [7, 11) is 0. The van der Waals surface area contributed by atoms with E-state index in [1.807, 2.05) is 24.3 Å². The molecule has 1 unspecified atom stereocenters. The molecule has 1 N–H and O–H groups in total. The Bertz CT molecular complexity index is 523. The summed E-state index contributed by atoms with van der Waals surface area (Å²) >= 11 is 12.0. The summed E-state index contributed by atoms with van der Waals surface area (Å²) in [5, 5.41) is 2.89. The number of halogens is 2. The van der Waals surface area contributed by atoms with Crippen molar-refractivity contribution < 1.29 is 4.79 Å². The van der Waals surface area contributed by atoms with Crippen molar-refractivity contribution in [1.82, 2.24) is 0 Å². The smallest absolute Gasteiger partial charge is 0.233 e. The first kappa shape index (κ1) is 14.0. The lowest BCUT2D eigenvalue weighted by Crippen LogP contribution is -2.26. The number of carbonyl (C=O) groups is 1. The molecule has 1 heterocycles. The van der Waals surface area contributed by atoms with Crippen LogP contribution in [0.4, 0.5) is 11.4 Å². The molecule has 0 aromatic heterocycles. The number of carbonyl (C=O) groups excluding carboxylic acids is 1. The van der Waals surface area contributed by atoms with Crippen LogP contribution in [-0.2, 0) is 4.79 Å². The predicted octanol–water partition coefficient (Wildman–Crippen LogP) is 3.81. The molecule has 2 aliphatic rings. The van der Waals surface area contributed by atoms with E-state index in [0.717, 1.165) is 18.8 Å². The summed E-state index contributed by atoms with van der Waals surface area (Å²) in [6.07, 6.45) is 3.01. The number of alkyl halides is 2. The molecule has 0 radical (unpaired) electrons. The Morgan fingerprint density at radius 2 is 1.75 bits per heavy atom. The summed E-state index contributed by atoms with van der Waals surface area (Å²) < 4.78 is -0.924. The summed E-state index contributed by atoms with van der Waals surface area (Å²) in [5.41, 5.74) is 1.32. The largest absolute Gasteiger partial charge is 0.372 e. The molecule has 3 rings (SSSR count). The average Bonchev–Trinajstić information content (AvgIpc) is 2.83. The maximum Gasteiger partial charge on any atom is 0.233 e. The van der Waals surface area contributed by atoms with Crippen LogP contribution in [0.15, 0.2) is 24.3 Å². The van der Waals surface area contributed by atoms with E-state index in [1.165, 1.54) is 18.5 Å². The van der Waals surface area contributed by atoms with E-state index >= 15 is 0 Å². The third-order valence-corrected chi connectivity index (χ3v) is 5.46. The number of hydrogen-bond donors (Lipinski definition) is 1. The normalized spacial score (nSPS) is 27.4. The third kappa shape index (κ3) is 2.38. The minimum atomic E-state index is -0.924. The number of amides is 1. The molecule has 1 atom stereocenters. The Labute approximate surface area is 129 Å². The van der Waals surface area contributed by atoms with E-state index in [2.05, 4.69) is 10.2 Å². The van der Waals surface area contributed by atoms with E-state index in [1.54, 1.807) is 6.92 Å². The molecular formula is C15H18Cl2N2O. The van der Waals surface area contributed by atoms with Crippen LogP contribution in [0.3, 0.4) is 0 Å². The second-order valence-corrected chi connectivity index (χ2v) is 7.39. The van der Waals surface area contributed by atoms with Crippen LogP contribution in [0.1, 0.15) is 26.2 Å². The first-order chi connectivity index (χ1) is 9.42. The lowest BCUT2D eigenvalue weighted by atomic mass is 10.1. The van der Waals surface area contributed by atoms with E-state index < -0.39 is 9.75 Å². The van der Waals surface area contributed by atoms with Gasteiger partial charge in [0.2, 0.25) is 5.91 Å². The van der Waals surface area contributed by atoms with E-state index in [9.17, 15) is 4.79 Å². The Morgan fingerprint density at radius 1 is 1.20 bits per heavy atom. The molecule has 3 nitrogen and oxygen atoms in total. The SMILES string of the molecule is CC1(C(=O)Nc2ccc(N3CCCC3)cc2)CC1(Cl)Cl. The monoisotopic (exact) mass is 312 g/mol. The Morgan fingerprint density at radius 3 is 2.25 bits per heavy atom. The van der Waals surface area contributed by atoms with E-state index in [4.69, 9.17) is 23.2 Å². The average molecular weight is 313 g/mol. The second kappa shape index (κ2) is 4.81. The van der Waals surface area contributed by atoms with E-state index in [-0.39, 0.29) is 5.91 Å². The Hall–Kier alpha value is -0.930. The molecular weight excluding hydrogens is 295 g/mol. The van der Waals surface area contributed by atoms with Gasteiger partial charge in [-0.05, 0) is 50.5 Å². The van der Waals surface area contributed by atoms with Gasteiger partial charge < -0.3 is 10.2 Å². The molecule has 20 heavy (non-hydrogen) atoms. The van der Waals surface area contributed by atoms with Gasteiger partial charge in [0.05, 0.1) is 5.41 Å². The van der Waals surface area contributed by atoms with Gasteiger partial charge >= 0.3 is 0 Å².